The van der Waals surface area contributed by atoms with Gasteiger partial charge in [0.25, 0.3) is 0 Å². The molecule has 0 bridgehead atoms. The van der Waals surface area contributed by atoms with E-state index in [0.717, 1.165) is 8.66 Å². The van der Waals surface area contributed by atoms with Gasteiger partial charge in [-0.2, -0.15) is 4.68 Å². The Kier molecular flexibility index (Phi) is 3.30. The maximum absolute atomic E-state index is 12.1. The van der Waals surface area contributed by atoms with Gasteiger partial charge in [0.05, 0.1) is 16.5 Å². The van der Waals surface area contributed by atoms with E-state index in [1.165, 1.54) is 18.4 Å². The molecule has 0 radical (unpaired) electrons. The van der Waals surface area contributed by atoms with Crippen LogP contribution in [-0.4, -0.2) is 33.3 Å². The minimum atomic E-state index is -0.398. The highest BCUT2D eigenvalue weighted by Crippen LogP contribution is 2.38. The summed E-state index contributed by atoms with van der Waals surface area (Å²) in [4.78, 5) is 13.0. The summed E-state index contributed by atoms with van der Waals surface area (Å²) >= 11 is 4.95. The summed E-state index contributed by atoms with van der Waals surface area (Å²) in [5, 5.41) is 14.5. The average molecular weight is 356 g/mol. The van der Waals surface area contributed by atoms with Crippen LogP contribution in [0.2, 0.25) is 0 Å². The third-order valence-corrected chi connectivity index (χ3v) is 4.66. The fraction of sp³-hybridized carbons (Fsp3) is 0.273. The molecule has 0 unspecified atom stereocenters. The van der Waals surface area contributed by atoms with Crippen molar-refractivity contribution in [3.63, 3.8) is 0 Å². The molecule has 3 heterocycles. The Balaban J connectivity index is 2.18. The summed E-state index contributed by atoms with van der Waals surface area (Å²) < 4.78 is 7.44. The number of fused-ring (bicyclic) bond motifs is 1. The van der Waals surface area contributed by atoms with Crippen LogP contribution in [0.1, 0.15) is 17.8 Å². The van der Waals surface area contributed by atoms with Gasteiger partial charge in [-0.25, -0.2) is 4.79 Å². The number of methoxy groups -OCH3 is 1. The zero-order valence-corrected chi connectivity index (χ0v) is 13.0. The molecule has 20 heavy (non-hydrogen) atoms. The van der Waals surface area contributed by atoms with Gasteiger partial charge in [-0.15, -0.1) is 11.3 Å². The van der Waals surface area contributed by atoms with Crippen LogP contribution in [0.15, 0.2) is 27.2 Å². The van der Waals surface area contributed by atoms with Gasteiger partial charge in [0.2, 0.25) is 5.95 Å². The maximum atomic E-state index is 12.1. The second-order valence-electron chi connectivity index (χ2n) is 4.15. The highest BCUT2D eigenvalue weighted by atomic mass is 79.9. The average Bonchev–Trinajstić information content (AvgIpc) is 3.04. The third kappa shape index (κ3) is 2.02. The van der Waals surface area contributed by atoms with Crippen LogP contribution in [0.4, 0.5) is 5.95 Å². The number of nitrogens with zero attached hydrogens (tertiary/aromatic N) is 4. The Bertz CT molecular complexity index is 707. The van der Waals surface area contributed by atoms with E-state index in [0.29, 0.717) is 17.2 Å². The Hall–Kier alpha value is -1.74. The lowest BCUT2D eigenvalue weighted by molar-refractivity contribution is -0.136. The van der Waals surface area contributed by atoms with Crippen LogP contribution in [0.3, 0.4) is 0 Å². The largest absolute Gasteiger partial charge is 0.466 e. The number of anilines is 1. The van der Waals surface area contributed by atoms with E-state index in [9.17, 15) is 4.79 Å². The molecule has 0 saturated carbocycles. The molecule has 0 saturated heterocycles. The zero-order valence-electron chi connectivity index (χ0n) is 10.6. The second kappa shape index (κ2) is 4.98. The number of tetrazole rings is 1. The number of halogens is 1. The molecule has 9 heteroatoms. The molecule has 2 aromatic rings. The van der Waals surface area contributed by atoms with Crippen molar-refractivity contribution in [1.82, 2.24) is 20.2 Å². The molecular weight excluding hydrogens is 346 g/mol. The summed E-state index contributed by atoms with van der Waals surface area (Å²) in [5.41, 5.74) is 1.19. The first-order valence-electron chi connectivity index (χ1n) is 5.71. The van der Waals surface area contributed by atoms with Crippen molar-refractivity contribution in [3.05, 3.63) is 32.1 Å². The van der Waals surface area contributed by atoms with Crippen molar-refractivity contribution in [2.75, 3.05) is 12.4 Å². The standard InChI is InChI=1S/C11H10BrN5O2S/c1-5-8(10(18)19-2)9(6-3-4-7(12)20-6)17-11(13-5)14-15-16-17/h3-4,9H,1-2H3,(H,13,14,16)/t9-/m1/s1. The summed E-state index contributed by atoms with van der Waals surface area (Å²) in [7, 11) is 1.36. The lowest BCUT2D eigenvalue weighted by Gasteiger charge is -2.25. The Labute approximate surface area is 126 Å². The fourth-order valence-electron chi connectivity index (χ4n) is 2.12. The Morgan fingerprint density at radius 2 is 2.35 bits per heavy atom. The molecule has 2 aromatic heterocycles. The van der Waals surface area contributed by atoms with Crippen molar-refractivity contribution in [3.8, 4) is 0 Å². The van der Waals surface area contributed by atoms with Gasteiger partial charge in [-0.05, 0) is 45.4 Å². The summed E-state index contributed by atoms with van der Waals surface area (Å²) in [6.45, 7) is 1.81. The third-order valence-electron chi connectivity index (χ3n) is 2.98. The highest BCUT2D eigenvalue weighted by molar-refractivity contribution is 9.11. The molecule has 1 aliphatic heterocycles. The molecule has 0 aliphatic carbocycles. The van der Waals surface area contributed by atoms with Crippen molar-refractivity contribution < 1.29 is 9.53 Å². The number of esters is 1. The summed E-state index contributed by atoms with van der Waals surface area (Å²) in [5.74, 6) is 0.107. The van der Waals surface area contributed by atoms with E-state index in [2.05, 4.69) is 36.8 Å². The number of aromatic nitrogens is 4. The van der Waals surface area contributed by atoms with E-state index in [4.69, 9.17) is 4.74 Å². The first-order chi connectivity index (χ1) is 9.61. The second-order valence-corrected chi connectivity index (χ2v) is 6.64. The number of carbonyl (C=O) groups excluding carboxylic acids is 1. The van der Waals surface area contributed by atoms with Crippen molar-refractivity contribution in [2.24, 2.45) is 0 Å². The van der Waals surface area contributed by atoms with Crippen LogP contribution >= 0.6 is 27.3 Å². The van der Waals surface area contributed by atoms with Gasteiger partial charge in [-0.3, -0.25) is 0 Å². The number of hydrogen-bond acceptors (Lipinski definition) is 7. The topological polar surface area (TPSA) is 81.9 Å². The molecule has 1 atom stereocenters. The van der Waals surface area contributed by atoms with E-state index in [1.54, 1.807) is 11.6 Å². The SMILES string of the molecule is COC(=O)C1=C(C)Nc2nnnn2[C@@H]1c1ccc(Br)s1. The van der Waals surface area contributed by atoms with Crippen LogP contribution in [0.25, 0.3) is 0 Å². The molecule has 0 spiro atoms. The first-order valence-corrected chi connectivity index (χ1v) is 7.32. The van der Waals surface area contributed by atoms with Gasteiger partial charge in [0.15, 0.2) is 0 Å². The molecule has 1 aliphatic rings. The van der Waals surface area contributed by atoms with Crippen LogP contribution in [0.5, 0.6) is 0 Å². The summed E-state index contributed by atoms with van der Waals surface area (Å²) in [6, 6.07) is 3.48. The molecule has 0 amide bonds. The fourth-order valence-corrected chi connectivity index (χ4v) is 3.64. The first kappa shape index (κ1) is 13.3. The Morgan fingerprint density at radius 3 is 3.00 bits per heavy atom. The lowest BCUT2D eigenvalue weighted by Crippen LogP contribution is -2.28. The molecule has 1 N–H and O–H groups in total. The Morgan fingerprint density at radius 1 is 1.55 bits per heavy atom. The van der Waals surface area contributed by atoms with E-state index in [-0.39, 0.29) is 6.04 Å². The number of rotatable bonds is 2. The van der Waals surface area contributed by atoms with E-state index in [1.807, 2.05) is 12.1 Å². The van der Waals surface area contributed by atoms with Gasteiger partial charge in [0, 0.05) is 10.6 Å². The molecule has 3 rings (SSSR count). The molecule has 7 nitrogen and oxygen atoms in total. The predicted molar refractivity (Wildman–Crippen MR) is 76.3 cm³/mol. The number of ether oxygens (including phenoxy) is 1. The quantitative estimate of drug-likeness (QED) is 0.829. The van der Waals surface area contributed by atoms with Crippen molar-refractivity contribution in [1.29, 1.82) is 0 Å². The van der Waals surface area contributed by atoms with Gasteiger partial charge in [-0.1, -0.05) is 5.10 Å². The minimum absolute atomic E-state index is 0.384. The molecule has 104 valence electrons. The van der Waals surface area contributed by atoms with Gasteiger partial charge >= 0.3 is 5.97 Å². The maximum Gasteiger partial charge on any atom is 0.338 e. The highest BCUT2D eigenvalue weighted by Gasteiger charge is 2.35. The number of nitrogens with one attached hydrogen (secondary N) is 1. The number of carbonyl (C=O) groups is 1. The van der Waals surface area contributed by atoms with Gasteiger partial charge < -0.3 is 10.1 Å². The number of allylic oxidation sites excluding steroid dienone is 1. The summed E-state index contributed by atoms with van der Waals surface area (Å²) in [6.07, 6.45) is 0. The van der Waals surface area contributed by atoms with Gasteiger partial charge in [0.1, 0.15) is 6.04 Å². The molecular formula is C11H10BrN5O2S. The minimum Gasteiger partial charge on any atom is -0.466 e. The number of thiophene rings is 1. The normalized spacial score (nSPS) is 17.6. The molecule has 0 aromatic carbocycles. The lowest BCUT2D eigenvalue weighted by atomic mass is 10.0. The smallest absolute Gasteiger partial charge is 0.338 e. The van der Waals surface area contributed by atoms with Crippen LogP contribution in [-0.2, 0) is 9.53 Å². The monoisotopic (exact) mass is 355 g/mol. The van der Waals surface area contributed by atoms with E-state index >= 15 is 0 Å². The number of hydrogen-bond donors (Lipinski definition) is 1. The molecule has 0 fully saturated rings. The predicted octanol–water partition coefficient (Wildman–Crippen LogP) is 1.96. The van der Waals surface area contributed by atoms with Crippen molar-refractivity contribution in [2.45, 2.75) is 13.0 Å². The zero-order chi connectivity index (χ0) is 14.3. The van der Waals surface area contributed by atoms with E-state index < -0.39 is 5.97 Å². The van der Waals surface area contributed by atoms with Crippen LogP contribution < -0.4 is 5.32 Å². The van der Waals surface area contributed by atoms with Crippen LogP contribution in [0, 0.1) is 0 Å². The van der Waals surface area contributed by atoms with Crippen molar-refractivity contribution >= 4 is 39.2 Å².